The summed E-state index contributed by atoms with van der Waals surface area (Å²) in [6.07, 6.45) is 8.57. The lowest BCUT2D eigenvalue weighted by atomic mass is 9.84. The molecule has 1 aromatic heterocycles. The Morgan fingerprint density at radius 2 is 1.89 bits per heavy atom. The summed E-state index contributed by atoms with van der Waals surface area (Å²) >= 11 is 0. The number of nitrogens with two attached hydrogens (primary N) is 1. The summed E-state index contributed by atoms with van der Waals surface area (Å²) in [7, 11) is 1.71. The average Bonchev–Trinajstić information content (AvgIpc) is 3.17. The van der Waals surface area contributed by atoms with E-state index in [1.807, 2.05) is 0 Å². The molecule has 0 aliphatic heterocycles. The third-order valence-electron chi connectivity index (χ3n) is 4.46. The summed E-state index contributed by atoms with van der Waals surface area (Å²) in [5.74, 6) is 2.31. The van der Waals surface area contributed by atoms with E-state index in [0.29, 0.717) is 23.6 Å². The molecular weight excluding hydrogens is 242 g/mol. The van der Waals surface area contributed by atoms with Crippen LogP contribution in [0.2, 0.25) is 0 Å². The molecule has 1 heterocycles. The van der Waals surface area contributed by atoms with Gasteiger partial charge in [0, 0.05) is 7.11 Å². The SMILES string of the molecule is COC(c1noc(C(N)C2CCCCC2)n1)C1CC1. The fraction of sp³-hybridized carbons (Fsp3) is 0.857. The molecule has 5 nitrogen and oxygen atoms in total. The van der Waals surface area contributed by atoms with Crippen molar-refractivity contribution in [1.29, 1.82) is 0 Å². The lowest BCUT2D eigenvalue weighted by Crippen LogP contribution is -2.24. The van der Waals surface area contributed by atoms with E-state index in [9.17, 15) is 0 Å². The Kier molecular flexibility index (Phi) is 3.84. The number of aromatic nitrogens is 2. The molecule has 5 heteroatoms. The second-order valence-electron chi connectivity index (χ2n) is 5.91. The molecule has 2 N–H and O–H groups in total. The highest BCUT2D eigenvalue weighted by atomic mass is 16.5. The molecule has 2 saturated carbocycles. The van der Waals surface area contributed by atoms with Gasteiger partial charge in [0.25, 0.3) is 0 Å². The molecule has 0 amide bonds. The maximum atomic E-state index is 6.28. The van der Waals surface area contributed by atoms with Crippen molar-refractivity contribution in [1.82, 2.24) is 10.1 Å². The van der Waals surface area contributed by atoms with E-state index in [4.69, 9.17) is 15.0 Å². The van der Waals surface area contributed by atoms with Gasteiger partial charge >= 0.3 is 0 Å². The lowest BCUT2D eigenvalue weighted by Gasteiger charge is -2.24. The van der Waals surface area contributed by atoms with Crippen molar-refractivity contribution in [2.24, 2.45) is 17.6 Å². The highest BCUT2D eigenvalue weighted by Gasteiger charge is 2.36. The molecule has 2 fully saturated rings. The van der Waals surface area contributed by atoms with Crippen molar-refractivity contribution in [2.45, 2.75) is 57.1 Å². The van der Waals surface area contributed by atoms with Crippen LogP contribution >= 0.6 is 0 Å². The van der Waals surface area contributed by atoms with Gasteiger partial charge in [-0.2, -0.15) is 4.98 Å². The normalized spacial score (nSPS) is 24.3. The van der Waals surface area contributed by atoms with E-state index in [0.717, 1.165) is 0 Å². The molecule has 2 aliphatic carbocycles. The minimum absolute atomic E-state index is 0.0175. The van der Waals surface area contributed by atoms with E-state index >= 15 is 0 Å². The first-order chi connectivity index (χ1) is 9.29. The maximum Gasteiger partial charge on any atom is 0.243 e. The molecule has 1 aromatic rings. The van der Waals surface area contributed by atoms with Crippen LogP contribution in [-0.4, -0.2) is 17.3 Å². The molecule has 2 atom stereocenters. The predicted octanol–water partition coefficient (Wildman–Crippen LogP) is 2.75. The first-order valence-corrected chi connectivity index (χ1v) is 7.41. The third-order valence-corrected chi connectivity index (χ3v) is 4.46. The molecular formula is C14H23N3O2. The molecule has 0 aromatic carbocycles. The molecule has 2 aliphatic rings. The molecule has 0 saturated heterocycles. The Morgan fingerprint density at radius 3 is 2.53 bits per heavy atom. The van der Waals surface area contributed by atoms with Crippen molar-refractivity contribution >= 4 is 0 Å². The van der Waals surface area contributed by atoms with Gasteiger partial charge in [0.1, 0.15) is 6.10 Å². The number of ether oxygens (including phenoxy) is 1. The van der Waals surface area contributed by atoms with E-state index < -0.39 is 0 Å². The Balaban J connectivity index is 1.69. The van der Waals surface area contributed by atoms with Gasteiger partial charge in [-0.3, -0.25) is 0 Å². The van der Waals surface area contributed by atoms with Gasteiger partial charge in [0.15, 0.2) is 0 Å². The van der Waals surface area contributed by atoms with Crippen LogP contribution in [0.25, 0.3) is 0 Å². The number of hydrogen-bond acceptors (Lipinski definition) is 5. The number of rotatable bonds is 5. The van der Waals surface area contributed by atoms with Crippen LogP contribution in [0.4, 0.5) is 0 Å². The largest absolute Gasteiger partial charge is 0.373 e. The molecule has 106 valence electrons. The van der Waals surface area contributed by atoms with Gasteiger partial charge in [0.05, 0.1) is 6.04 Å². The Hall–Kier alpha value is -0.940. The first-order valence-electron chi connectivity index (χ1n) is 7.41. The Labute approximate surface area is 113 Å². The maximum absolute atomic E-state index is 6.28. The predicted molar refractivity (Wildman–Crippen MR) is 70.3 cm³/mol. The van der Waals surface area contributed by atoms with Crippen LogP contribution in [0.1, 0.15) is 68.8 Å². The monoisotopic (exact) mass is 265 g/mol. The Bertz CT molecular complexity index is 411. The number of nitrogens with zero attached hydrogens (tertiary/aromatic N) is 2. The second-order valence-corrected chi connectivity index (χ2v) is 5.91. The molecule has 0 spiro atoms. The fourth-order valence-corrected chi connectivity index (χ4v) is 3.10. The van der Waals surface area contributed by atoms with E-state index in [1.165, 1.54) is 44.9 Å². The molecule has 3 rings (SSSR count). The van der Waals surface area contributed by atoms with Crippen LogP contribution in [0, 0.1) is 11.8 Å². The zero-order chi connectivity index (χ0) is 13.2. The van der Waals surface area contributed by atoms with Crippen molar-refractivity contribution < 1.29 is 9.26 Å². The summed E-state index contributed by atoms with van der Waals surface area (Å²) in [6, 6.07) is -0.113. The minimum Gasteiger partial charge on any atom is -0.373 e. The summed E-state index contributed by atoms with van der Waals surface area (Å²) < 4.78 is 10.8. The molecule has 0 radical (unpaired) electrons. The van der Waals surface area contributed by atoms with Crippen molar-refractivity contribution in [2.75, 3.05) is 7.11 Å². The van der Waals surface area contributed by atoms with Crippen molar-refractivity contribution in [3.8, 4) is 0 Å². The van der Waals surface area contributed by atoms with Crippen LogP contribution in [-0.2, 0) is 4.74 Å². The summed E-state index contributed by atoms with van der Waals surface area (Å²) in [4.78, 5) is 4.49. The third kappa shape index (κ3) is 2.82. The first kappa shape index (κ1) is 13.1. The van der Waals surface area contributed by atoms with Crippen LogP contribution in [0.15, 0.2) is 4.52 Å². The molecule has 0 bridgehead atoms. The quantitative estimate of drug-likeness (QED) is 0.886. The van der Waals surface area contributed by atoms with Crippen molar-refractivity contribution in [3.05, 3.63) is 11.7 Å². The molecule has 2 unspecified atom stereocenters. The minimum atomic E-state index is -0.113. The molecule has 19 heavy (non-hydrogen) atoms. The van der Waals surface area contributed by atoms with Gasteiger partial charge in [-0.25, -0.2) is 0 Å². The summed E-state index contributed by atoms with van der Waals surface area (Å²) in [6.45, 7) is 0. The zero-order valence-corrected chi connectivity index (χ0v) is 11.5. The van der Waals surface area contributed by atoms with E-state index in [-0.39, 0.29) is 12.1 Å². The van der Waals surface area contributed by atoms with Gasteiger partial charge in [-0.1, -0.05) is 24.4 Å². The summed E-state index contributed by atoms with van der Waals surface area (Å²) in [5.41, 5.74) is 6.28. The van der Waals surface area contributed by atoms with E-state index in [1.54, 1.807) is 7.11 Å². The van der Waals surface area contributed by atoms with Crippen LogP contribution < -0.4 is 5.73 Å². The highest BCUT2D eigenvalue weighted by molar-refractivity contribution is 5.01. The van der Waals surface area contributed by atoms with Gasteiger partial charge in [-0.05, 0) is 37.5 Å². The smallest absolute Gasteiger partial charge is 0.243 e. The number of methoxy groups -OCH3 is 1. The zero-order valence-electron chi connectivity index (χ0n) is 11.5. The van der Waals surface area contributed by atoms with Crippen molar-refractivity contribution in [3.63, 3.8) is 0 Å². The highest BCUT2D eigenvalue weighted by Crippen LogP contribution is 2.42. The van der Waals surface area contributed by atoms with Gasteiger partial charge in [0.2, 0.25) is 11.7 Å². The lowest BCUT2D eigenvalue weighted by molar-refractivity contribution is 0.0751. The summed E-state index contributed by atoms with van der Waals surface area (Å²) in [5, 5.41) is 4.07. The topological polar surface area (TPSA) is 74.2 Å². The Morgan fingerprint density at radius 1 is 1.16 bits per heavy atom. The van der Waals surface area contributed by atoms with Gasteiger partial charge < -0.3 is 15.0 Å². The van der Waals surface area contributed by atoms with Crippen LogP contribution in [0.3, 0.4) is 0 Å². The second kappa shape index (κ2) is 5.59. The average molecular weight is 265 g/mol. The van der Waals surface area contributed by atoms with Gasteiger partial charge in [-0.15, -0.1) is 0 Å². The number of hydrogen-bond donors (Lipinski definition) is 1. The van der Waals surface area contributed by atoms with E-state index in [2.05, 4.69) is 10.1 Å². The van der Waals surface area contributed by atoms with Crippen LogP contribution in [0.5, 0.6) is 0 Å². The standard InChI is InChI=1S/C14H23N3O2/c1-18-12(10-7-8-10)13-16-14(19-17-13)11(15)9-5-3-2-4-6-9/h9-12H,2-8,15H2,1H3. The fourth-order valence-electron chi connectivity index (χ4n) is 3.10.